The summed E-state index contributed by atoms with van der Waals surface area (Å²) in [7, 11) is 0. The second-order valence-electron chi connectivity index (χ2n) is 6.43. The van der Waals surface area contributed by atoms with E-state index in [4.69, 9.17) is 0 Å². The van der Waals surface area contributed by atoms with Gasteiger partial charge in [0.1, 0.15) is 0 Å². The monoisotopic (exact) mass is 320 g/mol. The molecule has 1 aromatic rings. The van der Waals surface area contributed by atoms with Crippen LogP contribution in [-0.4, -0.2) is 41.7 Å². The summed E-state index contributed by atoms with van der Waals surface area (Å²) in [6, 6.07) is 8.11. The fourth-order valence-corrected chi connectivity index (χ4v) is 3.68. The largest absolute Gasteiger partial charge is 0.348 e. The smallest absolute Gasteiger partial charge is 0.251 e. The Labute approximate surface area is 138 Å². The molecule has 0 spiro atoms. The quantitative estimate of drug-likeness (QED) is 0.809. The van der Waals surface area contributed by atoms with Crippen LogP contribution in [0.4, 0.5) is 0 Å². The topological polar surface area (TPSA) is 32.3 Å². The van der Waals surface area contributed by atoms with Crippen LogP contribution in [0.3, 0.4) is 0 Å². The Morgan fingerprint density at radius 2 is 1.77 bits per heavy atom. The van der Waals surface area contributed by atoms with Gasteiger partial charge in [0.2, 0.25) is 0 Å². The van der Waals surface area contributed by atoms with Gasteiger partial charge in [-0.25, -0.2) is 0 Å². The van der Waals surface area contributed by atoms with Crippen LogP contribution in [-0.2, 0) is 0 Å². The molecule has 0 bridgehead atoms. The van der Waals surface area contributed by atoms with E-state index in [9.17, 15) is 4.79 Å². The molecule has 1 aliphatic heterocycles. The molecule has 122 valence electrons. The fraction of sp³-hybridized carbons (Fsp3) is 0.611. The number of hydrogen-bond acceptors (Lipinski definition) is 3. The molecule has 0 aromatic heterocycles. The second kappa shape index (κ2) is 8.59. The maximum Gasteiger partial charge on any atom is 0.251 e. The third-order valence-electron chi connectivity index (χ3n) is 3.85. The van der Waals surface area contributed by atoms with Crippen LogP contribution >= 0.6 is 11.8 Å². The number of nitrogens with one attached hydrogen (secondary N) is 1. The van der Waals surface area contributed by atoms with Gasteiger partial charge in [-0.1, -0.05) is 20.3 Å². The van der Waals surface area contributed by atoms with Gasteiger partial charge in [-0.05, 0) is 57.1 Å². The van der Waals surface area contributed by atoms with Gasteiger partial charge < -0.3 is 10.2 Å². The van der Waals surface area contributed by atoms with Crippen molar-refractivity contribution in [3.63, 3.8) is 0 Å². The van der Waals surface area contributed by atoms with Gasteiger partial charge in [-0.3, -0.25) is 4.79 Å². The van der Waals surface area contributed by atoms with Crippen molar-refractivity contribution < 1.29 is 4.79 Å². The molecule has 0 radical (unpaired) electrons. The molecule has 3 nitrogen and oxygen atoms in total. The maximum absolute atomic E-state index is 12.3. The number of rotatable bonds is 6. The highest BCUT2D eigenvalue weighted by atomic mass is 32.2. The van der Waals surface area contributed by atoms with Gasteiger partial charge in [0.15, 0.2) is 0 Å². The molecule has 4 heteroatoms. The molecule has 1 unspecified atom stereocenters. The predicted octanol–water partition coefficient (Wildman–Crippen LogP) is 3.79. The van der Waals surface area contributed by atoms with Crippen LogP contribution in [0, 0.1) is 0 Å². The predicted molar refractivity (Wildman–Crippen MR) is 94.7 cm³/mol. The van der Waals surface area contributed by atoms with E-state index in [-0.39, 0.29) is 11.9 Å². The van der Waals surface area contributed by atoms with E-state index in [1.807, 2.05) is 36.0 Å². The average molecular weight is 321 g/mol. The number of piperidine rings is 1. The average Bonchev–Trinajstić information content (AvgIpc) is 2.48. The molecule has 1 N–H and O–H groups in total. The van der Waals surface area contributed by atoms with Crippen molar-refractivity contribution in [1.82, 2.24) is 10.2 Å². The Balaban J connectivity index is 1.82. The lowest BCUT2D eigenvalue weighted by Crippen LogP contribution is -2.43. The summed E-state index contributed by atoms with van der Waals surface area (Å²) in [4.78, 5) is 16.0. The molecule has 0 saturated carbocycles. The molecule has 2 rings (SSSR count). The first kappa shape index (κ1) is 17.4. The Bertz CT molecular complexity index is 466. The van der Waals surface area contributed by atoms with E-state index in [0.717, 1.165) is 12.1 Å². The summed E-state index contributed by atoms with van der Waals surface area (Å²) >= 11 is 1.82. The molecule has 1 atom stereocenters. The van der Waals surface area contributed by atoms with E-state index in [1.54, 1.807) is 0 Å². The Hall–Kier alpha value is -1.00. The number of amides is 1. The van der Waals surface area contributed by atoms with E-state index >= 15 is 0 Å². The summed E-state index contributed by atoms with van der Waals surface area (Å²) in [5.41, 5.74) is 0.749. The summed E-state index contributed by atoms with van der Waals surface area (Å²) in [6.07, 6.45) is 3.92. The zero-order chi connectivity index (χ0) is 15.9. The Kier molecular flexibility index (Phi) is 6.77. The number of carbonyl (C=O) groups excluding carboxylic acids is 1. The second-order valence-corrected chi connectivity index (χ2v) is 8.08. The molecule has 1 aromatic carbocycles. The van der Waals surface area contributed by atoms with E-state index in [1.165, 1.54) is 37.2 Å². The standard InChI is InChI=1S/C18H28N2OS/c1-14(2)22-17-9-7-16(8-10-17)18(21)19-15(3)13-20-11-5-4-6-12-20/h7-10,14-15H,4-6,11-13H2,1-3H3,(H,19,21). The van der Waals surface area contributed by atoms with Crippen LogP contribution in [0.25, 0.3) is 0 Å². The summed E-state index contributed by atoms with van der Waals surface area (Å²) in [6.45, 7) is 9.73. The van der Waals surface area contributed by atoms with Gasteiger partial charge in [-0.2, -0.15) is 0 Å². The van der Waals surface area contributed by atoms with E-state index in [2.05, 4.69) is 31.0 Å². The summed E-state index contributed by atoms with van der Waals surface area (Å²) in [5, 5.41) is 3.68. The van der Waals surface area contributed by atoms with E-state index < -0.39 is 0 Å². The molecule has 22 heavy (non-hydrogen) atoms. The Morgan fingerprint density at radius 1 is 1.14 bits per heavy atom. The Morgan fingerprint density at radius 3 is 2.36 bits per heavy atom. The first-order valence-electron chi connectivity index (χ1n) is 8.34. The molecule has 1 fully saturated rings. The molecule has 1 amide bonds. The zero-order valence-corrected chi connectivity index (χ0v) is 14.8. The van der Waals surface area contributed by atoms with Crippen LogP contribution < -0.4 is 5.32 Å². The highest BCUT2D eigenvalue weighted by Gasteiger charge is 2.15. The third kappa shape index (κ3) is 5.65. The fourth-order valence-electron chi connectivity index (χ4n) is 2.84. The van der Waals surface area contributed by atoms with E-state index in [0.29, 0.717) is 5.25 Å². The first-order valence-corrected chi connectivity index (χ1v) is 9.22. The zero-order valence-electron chi connectivity index (χ0n) is 14.0. The normalized spacial score (nSPS) is 17.5. The van der Waals surface area contributed by atoms with Gasteiger partial charge in [0.25, 0.3) is 5.91 Å². The molecule has 0 aliphatic carbocycles. The van der Waals surface area contributed by atoms with Crippen LogP contribution in [0.5, 0.6) is 0 Å². The van der Waals surface area contributed by atoms with Crippen molar-refractivity contribution in [3.05, 3.63) is 29.8 Å². The molecule has 1 aliphatic rings. The number of thioether (sulfide) groups is 1. The third-order valence-corrected chi connectivity index (χ3v) is 4.86. The van der Waals surface area contributed by atoms with Crippen molar-refractivity contribution in [2.45, 2.75) is 56.2 Å². The molecule has 1 heterocycles. The summed E-state index contributed by atoms with van der Waals surface area (Å²) in [5.74, 6) is 0.0330. The lowest BCUT2D eigenvalue weighted by molar-refractivity contribution is 0.0925. The van der Waals surface area contributed by atoms with Crippen LogP contribution in [0.1, 0.15) is 50.4 Å². The minimum Gasteiger partial charge on any atom is -0.348 e. The molecular weight excluding hydrogens is 292 g/mol. The number of nitrogens with zero attached hydrogens (tertiary/aromatic N) is 1. The molecule has 1 saturated heterocycles. The first-order chi connectivity index (χ1) is 10.5. The number of carbonyl (C=O) groups is 1. The minimum absolute atomic E-state index is 0.0330. The highest BCUT2D eigenvalue weighted by molar-refractivity contribution is 7.99. The van der Waals surface area contributed by atoms with Gasteiger partial charge in [-0.15, -0.1) is 11.8 Å². The lowest BCUT2D eigenvalue weighted by Gasteiger charge is -2.29. The van der Waals surface area contributed by atoms with Crippen molar-refractivity contribution in [2.75, 3.05) is 19.6 Å². The van der Waals surface area contributed by atoms with Crippen LogP contribution in [0.15, 0.2) is 29.2 Å². The number of likely N-dealkylation sites (tertiary alicyclic amines) is 1. The van der Waals surface area contributed by atoms with Crippen molar-refractivity contribution in [2.24, 2.45) is 0 Å². The number of benzene rings is 1. The molecular formula is C18H28N2OS. The van der Waals surface area contributed by atoms with Gasteiger partial charge >= 0.3 is 0 Å². The number of hydrogen-bond donors (Lipinski definition) is 1. The van der Waals surface area contributed by atoms with Gasteiger partial charge in [0.05, 0.1) is 0 Å². The van der Waals surface area contributed by atoms with Crippen molar-refractivity contribution in [3.8, 4) is 0 Å². The maximum atomic E-state index is 12.3. The highest BCUT2D eigenvalue weighted by Crippen LogP contribution is 2.22. The van der Waals surface area contributed by atoms with Crippen molar-refractivity contribution in [1.29, 1.82) is 0 Å². The van der Waals surface area contributed by atoms with Crippen molar-refractivity contribution >= 4 is 17.7 Å². The summed E-state index contributed by atoms with van der Waals surface area (Å²) < 4.78 is 0. The lowest BCUT2D eigenvalue weighted by atomic mass is 10.1. The van der Waals surface area contributed by atoms with Crippen LogP contribution in [0.2, 0.25) is 0 Å². The van der Waals surface area contributed by atoms with Gasteiger partial charge in [0, 0.05) is 28.3 Å². The minimum atomic E-state index is 0.0330. The SMILES string of the molecule is CC(CN1CCCCC1)NC(=O)c1ccc(SC(C)C)cc1.